The second-order valence-corrected chi connectivity index (χ2v) is 6.80. The first-order valence-electron chi connectivity index (χ1n) is 6.51. The minimum absolute atomic E-state index is 0.0725. The molecule has 0 radical (unpaired) electrons. The van der Waals surface area contributed by atoms with E-state index in [4.69, 9.17) is 23.2 Å². The summed E-state index contributed by atoms with van der Waals surface area (Å²) in [5.41, 5.74) is 0.192. The van der Waals surface area contributed by atoms with Gasteiger partial charge in [-0.15, -0.1) is 0 Å². The minimum atomic E-state index is -0.681. The molecule has 0 aromatic heterocycles. The fourth-order valence-corrected chi connectivity index (χ4v) is 3.27. The van der Waals surface area contributed by atoms with Crippen molar-refractivity contribution >= 4 is 23.2 Å². The monoisotopic (exact) mass is 286 g/mol. The molecule has 100 valence electrons. The molecule has 1 aliphatic carbocycles. The maximum absolute atomic E-state index is 11.0. The Morgan fingerprint density at radius 3 is 2.50 bits per heavy atom. The Balaban J connectivity index is 2.29. The van der Waals surface area contributed by atoms with E-state index in [1.54, 1.807) is 6.07 Å². The Morgan fingerprint density at radius 1 is 1.17 bits per heavy atom. The summed E-state index contributed by atoms with van der Waals surface area (Å²) in [7, 11) is 0. The van der Waals surface area contributed by atoms with Gasteiger partial charge in [-0.25, -0.2) is 0 Å². The summed E-state index contributed by atoms with van der Waals surface area (Å²) in [5, 5.41) is 12.1. The average molecular weight is 287 g/mol. The van der Waals surface area contributed by atoms with Gasteiger partial charge in [-0.05, 0) is 29.9 Å². The molecule has 1 unspecified atom stereocenters. The summed E-state index contributed by atoms with van der Waals surface area (Å²) in [6.45, 7) is 4.29. The number of halogens is 2. The summed E-state index contributed by atoms with van der Waals surface area (Å²) in [5.74, 6) is 0. The van der Waals surface area contributed by atoms with Crippen LogP contribution in [0.3, 0.4) is 0 Å². The highest BCUT2D eigenvalue weighted by Crippen LogP contribution is 2.46. The first-order valence-corrected chi connectivity index (χ1v) is 7.27. The molecular formula is C15H20Cl2O. The molecule has 1 nitrogen and oxygen atoms in total. The van der Waals surface area contributed by atoms with E-state index in [2.05, 4.69) is 13.8 Å². The zero-order chi connectivity index (χ0) is 13.4. The third-order valence-corrected chi connectivity index (χ3v) is 5.27. The van der Waals surface area contributed by atoms with Crippen molar-refractivity contribution in [2.75, 3.05) is 0 Å². The van der Waals surface area contributed by atoms with Gasteiger partial charge in [0.1, 0.15) is 0 Å². The lowest BCUT2D eigenvalue weighted by molar-refractivity contribution is -0.0958. The Morgan fingerprint density at radius 2 is 1.83 bits per heavy atom. The molecule has 0 amide bonds. The van der Waals surface area contributed by atoms with Crippen LogP contribution in [0.1, 0.15) is 45.1 Å². The smallest absolute Gasteiger partial charge is 0.0739 e. The van der Waals surface area contributed by atoms with E-state index in [9.17, 15) is 5.11 Å². The van der Waals surface area contributed by atoms with Gasteiger partial charge in [-0.1, -0.05) is 62.0 Å². The van der Waals surface area contributed by atoms with Crippen LogP contribution in [0.2, 0.25) is 10.0 Å². The molecule has 18 heavy (non-hydrogen) atoms. The normalized spacial score (nSPS) is 27.2. The summed E-state index contributed by atoms with van der Waals surface area (Å²) in [6.07, 6.45) is 4.75. The van der Waals surface area contributed by atoms with E-state index in [1.807, 2.05) is 12.1 Å². The van der Waals surface area contributed by atoms with Crippen LogP contribution in [0.4, 0.5) is 0 Å². The molecule has 1 aromatic carbocycles. The number of hydrogen-bond donors (Lipinski definition) is 1. The highest BCUT2D eigenvalue weighted by Gasteiger charge is 2.45. The third-order valence-electron chi connectivity index (χ3n) is 4.42. The third kappa shape index (κ3) is 2.54. The quantitative estimate of drug-likeness (QED) is 0.823. The SMILES string of the molecule is CC1(C)CCCCC1(O)Cc1cccc(Cl)c1Cl. The zero-order valence-electron chi connectivity index (χ0n) is 11.0. The first-order chi connectivity index (χ1) is 8.36. The molecule has 0 heterocycles. The van der Waals surface area contributed by atoms with Crippen LogP contribution in [0.5, 0.6) is 0 Å². The van der Waals surface area contributed by atoms with Gasteiger partial charge >= 0.3 is 0 Å². The molecule has 1 saturated carbocycles. The number of benzene rings is 1. The number of aliphatic hydroxyl groups is 1. The fraction of sp³-hybridized carbons (Fsp3) is 0.600. The van der Waals surface area contributed by atoms with Crippen LogP contribution in [-0.4, -0.2) is 10.7 Å². The highest BCUT2D eigenvalue weighted by atomic mass is 35.5. The molecule has 1 N–H and O–H groups in total. The van der Waals surface area contributed by atoms with Gasteiger partial charge in [-0.2, -0.15) is 0 Å². The van der Waals surface area contributed by atoms with Crippen molar-refractivity contribution in [3.63, 3.8) is 0 Å². The average Bonchev–Trinajstić information content (AvgIpc) is 2.29. The van der Waals surface area contributed by atoms with Gasteiger partial charge in [0.2, 0.25) is 0 Å². The summed E-state index contributed by atoms with van der Waals surface area (Å²) < 4.78 is 0. The number of hydrogen-bond acceptors (Lipinski definition) is 1. The fourth-order valence-electron chi connectivity index (χ4n) is 2.88. The van der Waals surface area contributed by atoms with E-state index in [0.29, 0.717) is 16.5 Å². The predicted molar refractivity (Wildman–Crippen MR) is 77.4 cm³/mol. The molecule has 1 aliphatic rings. The Kier molecular flexibility index (Phi) is 3.96. The van der Waals surface area contributed by atoms with E-state index < -0.39 is 5.60 Å². The van der Waals surface area contributed by atoms with Crippen molar-refractivity contribution in [1.29, 1.82) is 0 Å². The minimum Gasteiger partial charge on any atom is -0.389 e. The molecule has 0 bridgehead atoms. The lowest BCUT2D eigenvalue weighted by Crippen LogP contribution is -2.48. The van der Waals surface area contributed by atoms with Crippen LogP contribution in [0, 0.1) is 5.41 Å². The Labute approximate surface area is 119 Å². The molecule has 0 saturated heterocycles. The van der Waals surface area contributed by atoms with E-state index in [1.165, 1.54) is 6.42 Å². The molecular weight excluding hydrogens is 267 g/mol. The van der Waals surface area contributed by atoms with Crippen LogP contribution in [0.15, 0.2) is 18.2 Å². The van der Waals surface area contributed by atoms with E-state index >= 15 is 0 Å². The topological polar surface area (TPSA) is 20.2 Å². The highest BCUT2D eigenvalue weighted by molar-refractivity contribution is 6.42. The van der Waals surface area contributed by atoms with Crippen LogP contribution >= 0.6 is 23.2 Å². The van der Waals surface area contributed by atoms with Gasteiger partial charge in [0.25, 0.3) is 0 Å². The molecule has 3 heteroatoms. The predicted octanol–water partition coefficient (Wildman–Crippen LogP) is 4.87. The second kappa shape index (κ2) is 5.03. The van der Waals surface area contributed by atoms with Crippen molar-refractivity contribution in [2.45, 2.75) is 51.6 Å². The van der Waals surface area contributed by atoms with Crippen molar-refractivity contribution in [3.05, 3.63) is 33.8 Å². The van der Waals surface area contributed by atoms with Crippen molar-refractivity contribution in [1.82, 2.24) is 0 Å². The first kappa shape index (κ1) is 14.2. The number of rotatable bonds is 2. The van der Waals surface area contributed by atoms with Gasteiger partial charge < -0.3 is 5.11 Å². The van der Waals surface area contributed by atoms with Gasteiger partial charge in [0.05, 0.1) is 15.6 Å². The maximum Gasteiger partial charge on any atom is 0.0739 e. The second-order valence-electron chi connectivity index (χ2n) is 6.01. The molecule has 0 aliphatic heterocycles. The van der Waals surface area contributed by atoms with Crippen molar-refractivity contribution in [2.24, 2.45) is 5.41 Å². The summed E-state index contributed by atoms with van der Waals surface area (Å²) in [4.78, 5) is 0. The maximum atomic E-state index is 11.0. The van der Waals surface area contributed by atoms with Gasteiger partial charge in [0.15, 0.2) is 0 Å². The van der Waals surface area contributed by atoms with Gasteiger partial charge in [-0.3, -0.25) is 0 Å². The zero-order valence-corrected chi connectivity index (χ0v) is 12.5. The summed E-state index contributed by atoms with van der Waals surface area (Å²) in [6, 6.07) is 5.63. The summed E-state index contributed by atoms with van der Waals surface area (Å²) >= 11 is 12.3. The van der Waals surface area contributed by atoms with Crippen LogP contribution < -0.4 is 0 Å². The van der Waals surface area contributed by atoms with Crippen LogP contribution in [-0.2, 0) is 6.42 Å². The molecule has 0 spiro atoms. The van der Waals surface area contributed by atoms with Gasteiger partial charge in [0, 0.05) is 6.42 Å². The van der Waals surface area contributed by atoms with Crippen molar-refractivity contribution < 1.29 is 5.11 Å². The lowest BCUT2D eigenvalue weighted by Gasteiger charge is -2.47. The lowest BCUT2D eigenvalue weighted by atomic mass is 9.63. The van der Waals surface area contributed by atoms with Crippen molar-refractivity contribution in [3.8, 4) is 0 Å². The standard InChI is InChI=1S/C15H20Cl2O/c1-14(2)8-3-4-9-15(14,18)10-11-6-5-7-12(16)13(11)17/h5-7,18H,3-4,8-10H2,1-2H3. The Bertz CT molecular complexity index is 442. The van der Waals surface area contributed by atoms with E-state index in [0.717, 1.165) is 24.8 Å². The molecule has 1 atom stereocenters. The molecule has 1 fully saturated rings. The molecule has 1 aromatic rings. The van der Waals surface area contributed by atoms with Crippen LogP contribution in [0.25, 0.3) is 0 Å². The van der Waals surface area contributed by atoms with E-state index in [-0.39, 0.29) is 5.41 Å². The Hall–Kier alpha value is -0.240. The largest absolute Gasteiger partial charge is 0.389 e. The molecule has 2 rings (SSSR count).